The Balaban J connectivity index is 2.36. The van der Waals surface area contributed by atoms with Crippen LogP contribution in [0.2, 0.25) is 0 Å². The summed E-state index contributed by atoms with van der Waals surface area (Å²) in [5.74, 6) is 0.727. The summed E-state index contributed by atoms with van der Waals surface area (Å²) in [5.41, 5.74) is 3.54. The van der Waals surface area contributed by atoms with E-state index in [1.807, 2.05) is 52.0 Å². The standard InChI is InChI=1S/C16H18O2S/c1-9-5-13(6-10(2)15(9)17)19-14-7-11(3)16(18)12(4)8-14/h5-8,17-18H,1-4H3. The molecule has 0 aliphatic rings. The zero-order valence-electron chi connectivity index (χ0n) is 11.6. The van der Waals surface area contributed by atoms with E-state index in [9.17, 15) is 10.2 Å². The van der Waals surface area contributed by atoms with Gasteiger partial charge in [-0.25, -0.2) is 0 Å². The molecule has 0 radical (unpaired) electrons. The maximum absolute atomic E-state index is 9.78. The van der Waals surface area contributed by atoms with Crippen LogP contribution >= 0.6 is 11.8 Å². The van der Waals surface area contributed by atoms with Gasteiger partial charge in [0.05, 0.1) is 0 Å². The lowest BCUT2D eigenvalue weighted by Crippen LogP contribution is -1.85. The molecule has 2 rings (SSSR count). The van der Waals surface area contributed by atoms with Gasteiger partial charge in [0.25, 0.3) is 0 Å². The van der Waals surface area contributed by atoms with Crippen molar-refractivity contribution in [2.75, 3.05) is 0 Å². The van der Waals surface area contributed by atoms with E-state index in [4.69, 9.17) is 0 Å². The maximum atomic E-state index is 9.78. The van der Waals surface area contributed by atoms with Gasteiger partial charge in [-0.2, -0.15) is 0 Å². The quantitative estimate of drug-likeness (QED) is 0.848. The topological polar surface area (TPSA) is 40.5 Å². The smallest absolute Gasteiger partial charge is 0.121 e. The van der Waals surface area contributed by atoms with Crippen LogP contribution in [0.5, 0.6) is 11.5 Å². The second-order valence-electron chi connectivity index (χ2n) is 4.91. The van der Waals surface area contributed by atoms with Gasteiger partial charge in [0, 0.05) is 9.79 Å². The van der Waals surface area contributed by atoms with Crippen molar-refractivity contribution in [1.82, 2.24) is 0 Å². The molecule has 2 aromatic carbocycles. The summed E-state index contributed by atoms with van der Waals surface area (Å²) < 4.78 is 0. The van der Waals surface area contributed by atoms with Crippen molar-refractivity contribution in [2.45, 2.75) is 37.5 Å². The Bertz CT molecular complexity index is 531. The van der Waals surface area contributed by atoms with E-state index in [0.29, 0.717) is 11.5 Å². The monoisotopic (exact) mass is 274 g/mol. The molecule has 0 saturated heterocycles. The van der Waals surface area contributed by atoms with Crippen LogP contribution < -0.4 is 0 Å². The van der Waals surface area contributed by atoms with Gasteiger partial charge < -0.3 is 10.2 Å². The van der Waals surface area contributed by atoms with Crippen LogP contribution in [0.15, 0.2) is 34.1 Å². The highest BCUT2D eigenvalue weighted by Crippen LogP contribution is 2.35. The number of aromatic hydroxyl groups is 2. The Morgan fingerprint density at radius 1 is 0.632 bits per heavy atom. The highest BCUT2D eigenvalue weighted by molar-refractivity contribution is 7.99. The van der Waals surface area contributed by atoms with Crippen LogP contribution in [0.1, 0.15) is 22.3 Å². The second-order valence-corrected chi connectivity index (χ2v) is 6.06. The summed E-state index contributed by atoms with van der Waals surface area (Å²) in [5, 5.41) is 19.6. The van der Waals surface area contributed by atoms with Crippen molar-refractivity contribution in [3.8, 4) is 11.5 Å². The zero-order valence-corrected chi connectivity index (χ0v) is 12.4. The third-order valence-corrected chi connectivity index (χ3v) is 4.11. The summed E-state index contributed by atoms with van der Waals surface area (Å²) in [6, 6.07) is 7.91. The molecule has 0 unspecified atom stereocenters. The number of hydrogen-bond acceptors (Lipinski definition) is 3. The van der Waals surface area contributed by atoms with Gasteiger partial charge in [0.2, 0.25) is 0 Å². The molecule has 100 valence electrons. The molecule has 0 amide bonds. The van der Waals surface area contributed by atoms with E-state index in [1.54, 1.807) is 11.8 Å². The lowest BCUT2D eigenvalue weighted by Gasteiger charge is -2.10. The van der Waals surface area contributed by atoms with Gasteiger partial charge >= 0.3 is 0 Å². The molecule has 2 nitrogen and oxygen atoms in total. The van der Waals surface area contributed by atoms with E-state index in [1.165, 1.54) is 0 Å². The molecule has 0 spiro atoms. The number of benzene rings is 2. The Kier molecular flexibility index (Phi) is 3.76. The minimum Gasteiger partial charge on any atom is -0.507 e. The highest BCUT2D eigenvalue weighted by Gasteiger charge is 2.07. The van der Waals surface area contributed by atoms with Crippen LogP contribution in [0.4, 0.5) is 0 Å². The SMILES string of the molecule is Cc1cc(Sc2cc(C)c(O)c(C)c2)cc(C)c1O. The van der Waals surface area contributed by atoms with E-state index in [0.717, 1.165) is 32.0 Å². The molecule has 0 saturated carbocycles. The number of phenolic OH excluding ortho intramolecular Hbond substituents is 2. The highest BCUT2D eigenvalue weighted by atomic mass is 32.2. The Labute approximate surface area is 118 Å². The van der Waals surface area contributed by atoms with E-state index < -0.39 is 0 Å². The maximum Gasteiger partial charge on any atom is 0.121 e. The number of phenols is 2. The number of aryl methyl sites for hydroxylation is 4. The fourth-order valence-corrected chi connectivity index (χ4v) is 3.30. The number of rotatable bonds is 2. The molecule has 2 N–H and O–H groups in total. The van der Waals surface area contributed by atoms with Crippen LogP contribution in [-0.2, 0) is 0 Å². The normalized spacial score (nSPS) is 10.7. The summed E-state index contributed by atoms with van der Waals surface area (Å²) in [4.78, 5) is 2.19. The molecule has 3 heteroatoms. The average Bonchev–Trinajstić information content (AvgIpc) is 2.33. The Morgan fingerprint density at radius 2 is 0.895 bits per heavy atom. The van der Waals surface area contributed by atoms with Gasteiger partial charge in [-0.05, 0) is 74.2 Å². The summed E-state index contributed by atoms with van der Waals surface area (Å²) >= 11 is 1.64. The predicted octanol–water partition coefficient (Wildman–Crippen LogP) is 4.48. The lowest BCUT2D eigenvalue weighted by atomic mass is 10.1. The van der Waals surface area contributed by atoms with Crippen molar-refractivity contribution in [1.29, 1.82) is 0 Å². The van der Waals surface area contributed by atoms with Crippen molar-refractivity contribution < 1.29 is 10.2 Å². The largest absolute Gasteiger partial charge is 0.507 e. The molecule has 0 bridgehead atoms. The molecule has 0 heterocycles. The third-order valence-electron chi connectivity index (χ3n) is 3.16. The van der Waals surface area contributed by atoms with Gasteiger partial charge in [-0.1, -0.05) is 11.8 Å². The number of hydrogen-bond donors (Lipinski definition) is 2. The van der Waals surface area contributed by atoms with Crippen molar-refractivity contribution in [3.63, 3.8) is 0 Å². The van der Waals surface area contributed by atoms with E-state index >= 15 is 0 Å². The summed E-state index contributed by atoms with van der Waals surface area (Å²) in [7, 11) is 0. The van der Waals surface area contributed by atoms with Gasteiger partial charge in [-0.15, -0.1) is 0 Å². The minimum atomic E-state index is 0.363. The van der Waals surface area contributed by atoms with Crippen LogP contribution in [0.25, 0.3) is 0 Å². The molecule has 2 aromatic rings. The van der Waals surface area contributed by atoms with E-state index in [-0.39, 0.29) is 0 Å². The minimum absolute atomic E-state index is 0.363. The summed E-state index contributed by atoms with van der Waals surface area (Å²) in [6.07, 6.45) is 0. The van der Waals surface area contributed by atoms with E-state index in [2.05, 4.69) is 0 Å². The van der Waals surface area contributed by atoms with Crippen molar-refractivity contribution in [3.05, 3.63) is 46.5 Å². The van der Waals surface area contributed by atoms with Crippen LogP contribution in [-0.4, -0.2) is 10.2 Å². The fraction of sp³-hybridized carbons (Fsp3) is 0.250. The lowest BCUT2D eigenvalue weighted by molar-refractivity contribution is 0.466. The molecule has 0 aromatic heterocycles. The first-order chi connectivity index (χ1) is 8.88. The first kappa shape index (κ1) is 13.8. The van der Waals surface area contributed by atoms with Crippen molar-refractivity contribution >= 4 is 11.8 Å². The Morgan fingerprint density at radius 3 is 1.16 bits per heavy atom. The van der Waals surface area contributed by atoms with Gasteiger partial charge in [-0.3, -0.25) is 0 Å². The molecule has 0 fully saturated rings. The molecule has 0 aliphatic carbocycles. The van der Waals surface area contributed by atoms with Crippen LogP contribution in [0.3, 0.4) is 0 Å². The van der Waals surface area contributed by atoms with Gasteiger partial charge in [0.15, 0.2) is 0 Å². The zero-order chi connectivity index (χ0) is 14.2. The second kappa shape index (κ2) is 5.17. The average molecular weight is 274 g/mol. The molecular weight excluding hydrogens is 256 g/mol. The van der Waals surface area contributed by atoms with Crippen LogP contribution in [0, 0.1) is 27.7 Å². The molecule has 19 heavy (non-hydrogen) atoms. The first-order valence-electron chi connectivity index (χ1n) is 6.16. The molecular formula is C16H18O2S. The van der Waals surface area contributed by atoms with Crippen molar-refractivity contribution in [2.24, 2.45) is 0 Å². The predicted molar refractivity (Wildman–Crippen MR) is 79.3 cm³/mol. The third kappa shape index (κ3) is 2.87. The first-order valence-corrected chi connectivity index (χ1v) is 6.98. The van der Waals surface area contributed by atoms with Gasteiger partial charge in [0.1, 0.15) is 11.5 Å². The molecule has 0 aliphatic heterocycles. The molecule has 0 atom stereocenters. The summed E-state index contributed by atoms with van der Waals surface area (Å²) in [6.45, 7) is 7.61. The Hall–Kier alpha value is -1.61. The fourth-order valence-electron chi connectivity index (χ4n) is 2.09.